The van der Waals surface area contributed by atoms with E-state index in [1.54, 1.807) is 0 Å². The number of nitrogens with one attached hydrogen (secondary N) is 2. The summed E-state index contributed by atoms with van der Waals surface area (Å²) in [5.41, 5.74) is 3.47. The number of imidazole rings is 1. The predicted molar refractivity (Wildman–Crippen MR) is 117 cm³/mol. The Morgan fingerprint density at radius 1 is 1.03 bits per heavy atom. The number of amides is 1. The minimum atomic E-state index is -0.178. The number of hydrogen-bond donors (Lipinski definition) is 2. The Morgan fingerprint density at radius 3 is 2.38 bits per heavy atom. The highest BCUT2D eigenvalue weighted by Crippen LogP contribution is 2.36. The maximum Gasteiger partial charge on any atom is 0.258 e. The Bertz CT molecular complexity index is 933. The van der Waals surface area contributed by atoms with Gasteiger partial charge in [-0.15, -0.1) is 0 Å². The number of aromatic amines is 1. The van der Waals surface area contributed by atoms with Gasteiger partial charge in [-0.1, -0.05) is 58.9 Å². The zero-order valence-electron chi connectivity index (χ0n) is 18.0. The average molecular weight is 394 g/mol. The summed E-state index contributed by atoms with van der Waals surface area (Å²) >= 11 is 0. The fourth-order valence-electron chi connectivity index (χ4n) is 3.90. The molecular formula is C24H31N3O2. The third-order valence-electron chi connectivity index (χ3n) is 4.87. The van der Waals surface area contributed by atoms with Crippen LogP contribution in [0.2, 0.25) is 0 Å². The van der Waals surface area contributed by atoms with Crippen LogP contribution >= 0.6 is 0 Å². The first kappa shape index (κ1) is 20.9. The number of fused-ring (bicyclic) bond motifs is 1. The fraction of sp³-hybridized carbons (Fsp3) is 0.417. The van der Waals surface area contributed by atoms with Crippen LogP contribution in [0.3, 0.4) is 0 Å². The molecule has 5 heteroatoms. The van der Waals surface area contributed by atoms with Crippen molar-refractivity contribution in [1.82, 2.24) is 15.3 Å². The summed E-state index contributed by atoms with van der Waals surface area (Å²) in [6.45, 7) is 11.6. The van der Waals surface area contributed by atoms with Crippen LogP contribution in [0.25, 0.3) is 11.0 Å². The zero-order valence-corrected chi connectivity index (χ0v) is 18.0. The van der Waals surface area contributed by atoms with Crippen LogP contribution < -0.4 is 10.1 Å². The molecule has 0 aliphatic heterocycles. The lowest BCUT2D eigenvalue weighted by Gasteiger charge is -2.33. The highest BCUT2D eigenvalue weighted by Gasteiger charge is 2.27. The lowest BCUT2D eigenvalue weighted by atomic mass is 9.72. The lowest BCUT2D eigenvalue weighted by Crippen LogP contribution is -2.28. The molecule has 0 spiro atoms. The van der Waals surface area contributed by atoms with Crippen molar-refractivity contribution in [2.75, 3.05) is 6.61 Å². The number of para-hydroxylation sites is 2. The minimum absolute atomic E-state index is 0.0229. The molecule has 0 atom stereocenters. The molecule has 1 aromatic heterocycles. The number of hydrogen-bond acceptors (Lipinski definition) is 3. The third-order valence-corrected chi connectivity index (χ3v) is 4.87. The van der Waals surface area contributed by atoms with Gasteiger partial charge in [0, 0.05) is 0 Å². The van der Waals surface area contributed by atoms with E-state index in [0.29, 0.717) is 12.3 Å². The highest BCUT2D eigenvalue weighted by atomic mass is 16.5. The minimum Gasteiger partial charge on any atom is -0.484 e. The molecular weight excluding hydrogens is 362 g/mol. The number of rotatable bonds is 7. The molecule has 3 rings (SSSR count). The molecule has 154 valence electrons. The molecule has 0 unspecified atom stereocenters. The monoisotopic (exact) mass is 393 g/mol. The highest BCUT2D eigenvalue weighted by molar-refractivity contribution is 5.78. The summed E-state index contributed by atoms with van der Waals surface area (Å²) in [5.74, 6) is 1.24. The predicted octanol–water partition coefficient (Wildman–Crippen LogP) is 4.97. The summed E-state index contributed by atoms with van der Waals surface area (Å²) < 4.78 is 5.64. The molecule has 2 aromatic carbocycles. The van der Waals surface area contributed by atoms with Gasteiger partial charge in [0.05, 0.1) is 17.6 Å². The summed E-state index contributed by atoms with van der Waals surface area (Å²) in [5, 5.41) is 2.83. The lowest BCUT2D eigenvalue weighted by molar-refractivity contribution is -0.123. The fourth-order valence-corrected chi connectivity index (χ4v) is 3.90. The van der Waals surface area contributed by atoms with Crippen LogP contribution in [0.1, 0.15) is 52.4 Å². The Kier molecular flexibility index (Phi) is 5.96. The Balaban J connectivity index is 1.49. The first-order chi connectivity index (χ1) is 13.6. The van der Waals surface area contributed by atoms with E-state index in [0.717, 1.165) is 23.3 Å². The molecule has 5 nitrogen and oxygen atoms in total. The van der Waals surface area contributed by atoms with Gasteiger partial charge in [-0.25, -0.2) is 4.98 Å². The van der Waals surface area contributed by atoms with E-state index in [2.05, 4.69) is 62.0 Å². The van der Waals surface area contributed by atoms with Gasteiger partial charge < -0.3 is 15.0 Å². The molecule has 0 bridgehead atoms. The van der Waals surface area contributed by atoms with Crippen molar-refractivity contribution in [1.29, 1.82) is 0 Å². The maximum atomic E-state index is 12.1. The summed E-state index contributed by atoms with van der Waals surface area (Å²) in [6.07, 6.45) is 1.09. The molecule has 1 amide bonds. The molecule has 0 saturated heterocycles. The van der Waals surface area contributed by atoms with Gasteiger partial charge in [0.25, 0.3) is 5.91 Å². The Hall–Kier alpha value is -2.82. The maximum absolute atomic E-state index is 12.1. The Labute approximate surface area is 172 Å². The van der Waals surface area contributed by atoms with Gasteiger partial charge in [-0.3, -0.25) is 4.79 Å². The van der Waals surface area contributed by atoms with Crippen molar-refractivity contribution in [2.45, 2.75) is 53.0 Å². The van der Waals surface area contributed by atoms with Gasteiger partial charge in [-0.2, -0.15) is 0 Å². The van der Waals surface area contributed by atoms with Crippen molar-refractivity contribution in [3.63, 3.8) is 0 Å². The third kappa shape index (κ3) is 5.83. The second-order valence-corrected chi connectivity index (χ2v) is 9.41. The number of carbonyl (C=O) groups is 1. The number of benzene rings is 2. The molecule has 29 heavy (non-hydrogen) atoms. The number of carbonyl (C=O) groups excluding carboxylic acids is 1. The van der Waals surface area contributed by atoms with Gasteiger partial charge in [0.2, 0.25) is 0 Å². The van der Waals surface area contributed by atoms with E-state index in [-0.39, 0.29) is 23.3 Å². The average Bonchev–Trinajstić information content (AvgIpc) is 3.06. The normalized spacial score (nSPS) is 12.2. The van der Waals surface area contributed by atoms with E-state index in [9.17, 15) is 4.79 Å². The quantitative estimate of drug-likeness (QED) is 0.595. The van der Waals surface area contributed by atoms with Crippen LogP contribution in [-0.2, 0) is 16.8 Å². The van der Waals surface area contributed by atoms with Crippen molar-refractivity contribution in [3.8, 4) is 5.75 Å². The summed E-state index contributed by atoms with van der Waals surface area (Å²) in [4.78, 5) is 19.8. The van der Waals surface area contributed by atoms with Crippen LogP contribution in [0.5, 0.6) is 5.75 Å². The van der Waals surface area contributed by atoms with Gasteiger partial charge in [-0.05, 0) is 47.1 Å². The molecule has 0 saturated carbocycles. The zero-order chi connectivity index (χ0) is 21.1. The van der Waals surface area contributed by atoms with Crippen molar-refractivity contribution < 1.29 is 9.53 Å². The van der Waals surface area contributed by atoms with Crippen molar-refractivity contribution >= 4 is 16.9 Å². The standard InChI is InChI=1S/C24H31N3O2/c1-23(2,3)16-24(4,5)17-10-12-18(13-11-17)29-15-22(28)25-14-21-26-19-8-6-7-9-20(19)27-21/h6-13H,14-16H2,1-5H3,(H,25,28)(H,26,27). The van der Waals surface area contributed by atoms with Crippen LogP contribution in [-0.4, -0.2) is 22.5 Å². The number of H-pyrrole nitrogens is 1. The summed E-state index contributed by atoms with van der Waals surface area (Å²) in [7, 11) is 0. The molecule has 1 heterocycles. The van der Waals surface area contributed by atoms with Crippen molar-refractivity contribution in [3.05, 3.63) is 59.9 Å². The van der Waals surface area contributed by atoms with Gasteiger partial charge in [0.1, 0.15) is 11.6 Å². The van der Waals surface area contributed by atoms with E-state index >= 15 is 0 Å². The molecule has 3 aromatic rings. The molecule has 0 aliphatic carbocycles. The van der Waals surface area contributed by atoms with E-state index in [1.807, 2.05) is 36.4 Å². The van der Waals surface area contributed by atoms with E-state index < -0.39 is 0 Å². The second-order valence-electron chi connectivity index (χ2n) is 9.41. The first-order valence-corrected chi connectivity index (χ1v) is 10.1. The molecule has 0 aliphatic rings. The summed E-state index contributed by atoms with van der Waals surface area (Å²) in [6, 6.07) is 15.8. The van der Waals surface area contributed by atoms with Gasteiger partial charge >= 0.3 is 0 Å². The molecule has 0 fully saturated rings. The van der Waals surface area contributed by atoms with Crippen molar-refractivity contribution in [2.24, 2.45) is 5.41 Å². The van der Waals surface area contributed by atoms with Crippen LogP contribution in [0.4, 0.5) is 0 Å². The Morgan fingerprint density at radius 2 is 1.72 bits per heavy atom. The smallest absolute Gasteiger partial charge is 0.258 e. The first-order valence-electron chi connectivity index (χ1n) is 10.1. The number of nitrogens with zero attached hydrogens (tertiary/aromatic N) is 1. The topological polar surface area (TPSA) is 67.0 Å². The van der Waals surface area contributed by atoms with E-state index in [1.165, 1.54) is 5.56 Å². The number of ether oxygens (including phenoxy) is 1. The second kappa shape index (κ2) is 8.27. The number of aromatic nitrogens is 2. The van der Waals surface area contributed by atoms with E-state index in [4.69, 9.17) is 4.74 Å². The van der Waals surface area contributed by atoms with Gasteiger partial charge in [0.15, 0.2) is 6.61 Å². The van der Waals surface area contributed by atoms with Crippen LogP contribution in [0, 0.1) is 5.41 Å². The van der Waals surface area contributed by atoms with Crippen LogP contribution in [0.15, 0.2) is 48.5 Å². The molecule has 2 N–H and O–H groups in total. The SMILES string of the molecule is CC(C)(C)CC(C)(C)c1ccc(OCC(=O)NCc2nc3ccccc3[nH]2)cc1. The largest absolute Gasteiger partial charge is 0.484 e. The molecule has 0 radical (unpaired) electrons.